The maximum Gasteiger partial charge on any atom is 0.387 e. The summed E-state index contributed by atoms with van der Waals surface area (Å²) in [6, 6.07) is 13.4. The molecule has 6 heteroatoms. The van der Waals surface area contributed by atoms with Gasteiger partial charge in [0.15, 0.2) is 0 Å². The molecule has 3 rings (SSSR count). The molecular formula is C17H14ClF2NO2. The molecule has 1 saturated carbocycles. The molecule has 2 unspecified atom stereocenters. The number of carbonyl (C=O) groups excluding carboxylic acids is 1. The second-order valence-electron chi connectivity index (χ2n) is 5.37. The summed E-state index contributed by atoms with van der Waals surface area (Å²) in [5, 5.41) is 3.38. The zero-order valence-corrected chi connectivity index (χ0v) is 12.8. The van der Waals surface area contributed by atoms with E-state index < -0.39 is 6.61 Å². The van der Waals surface area contributed by atoms with Gasteiger partial charge in [0.05, 0.1) is 0 Å². The highest BCUT2D eigenvalue weighted by molar-refractivity contribution is 6.31. The van der Waals surface area contributed by atoms with Gasteiger partial charge in [-0.25, -0.2) is 0 Å². The van der Waals surface area contributed by atoms with Crippen LogP contribution in [-0.4, -0.2) is 12.5 Å². The molecule has 3 nitrogen and oxygen atoms in total. The predicted octanol–water partition coefficient (Wildman–Crippen LogP) is 4.68. The Balaban J connectivity index is 1.64. The molecule has 0 aliphatic heterocycles. The van der Waals surface area contributed by atoms with Gasteiger partial charge in [-0.3, -0.25) is 4.79 Å². The van der Waals surface area contributed by atoms with E-state index in [2.05, 4.69) is 10.1 Å². The summed E-state index contributed by atoms with van der Waals surface area (Å²) in [5.41, 5.74) is 1.39. The maximum atomic E-state index is 12.3. The second-order valence-corrected chi connectivity index (χ2v) is 5.77. The Labute approximate surface area is 137 Å². The van der Waals surface area contributed by atoms with Gasteiger partial charge in [0, 0.05) is 22.7 Å². The number of benzene rings is 2. The molecule has 1 aliphatic carbocycles. The molecule has 0 aromatic heterocycles. The number of hydrogen-bond donors (Lipinski definition) is 1. The number of ether oxygens (including phenoxy) is 1. The Kier molecular flexibility index (Phi) is 4.48. The highest BCUT2D eigenvalue weighted by Crippen LogP contribution is 2.50. The van der Waals surface area contributed by atoms with Crippen molar-refractivity contribution in [2.24, 2.45) is 5.92 Å². The number of anilines is 1. The smallest absolute Gasteiger partial charge is 0.387 e. The lowest BCUT2D eigenvalue weighted by molar-refractivity contribution is -0.117. The molecule has 0 radical (unpaired) electrons. The summed E-state index contributed by atoms with van der Waals surface area (Å²) >= 11 is 6.14. The molecular weight excluding hydrogens is 324 g/mol. The third kappa shape index (κ3) is 3.79. The van der Waals surface area contributed by atoms with Gasteiger partial charge in [-0.1, -0.05) is 35.9 Å². The van der Waals surface area contributed by atoms with Crippen LogP contribution in [-0.2, 0) is 4.79 Å². The Morgan fingerprint density at radius 2 is 2.00 bits per heavy atom. The highest BCUT2D eigenvalue weighted by Gasteiger charge is 2.44. The van der Waals surface area contributed by atoms with Gasteiger partial charge in [0.1, 0.15) is 5.75 Å². The first-order valence-electron chi connectivity index (χ1n) is 7.15. The summed E-state index contributed by atoms with van der Waals surface area (Å²) in [7, 11) is 0. The SMILES string of the molecule is O=C(Nc1cccc(OC(F)F)c1)C1CC1c1ccccc1Cl. The van der Waals surface area contributed by atoms with Crippen molar-refractivity contribution in [1.29, 1.82) is 0 Å². The van der Waals surface area contributed by atoms with E-state index in [0.717, 1.165) is 12.0 Å². The van der Waals surface area contributed by atoms with E-state index >= 15 is 0 Å². The Morgan fingerprint density at radius 3 is 2.74 bits per heavy atom. The summed E-state index contributed by atoms with van der Waals surface area (Å²) in [4.78, 5) is 12.3. The summed E-state index contributed by atoms with van der Waals surface area (Å²) in [5.74, 6) is -0.195. The fraction of sp³-hybridized carbons (Fsp3) is 0.235. The van der Waals surface area contributed by atoms with Crippen molar-refractivity contribution >= 4 is 23.2 Å². The van der Waals surface area contributed by atoms with Crippen LogP contribution in [0.2, 0.25) is 5.02 Å². The standard InChI is InChI=1S/C17H14ClF2NO2/c18-15-7-2-1-6-12(15)13-9-14(13)16(22)21-10-4-3-5-11(8-10)23-17(19)20/h1-8,13-14,17H,9H2,(H,21,22). The van der Waals surface area contributed by atoms with E-state index in [-0.39, 0.29) is 23.5 Å². The predicted molar refractivity (Wildman–Crippen MR) is 84.0 cm³/mol. The van der Waals surface area contributed by atoms with Crippen LogP contribution in [0.5, 0.6) is 5.75 Å². The minimum absolute atomic E-state index is 0.0104. The molecule has 0 saturated heterocycles. The first kappa shape index (κ1) is 15.7. The van der Waals surface area contributed by atoms with Gasteiger partial charge in [-0.05, 0) is 36.1 Å². The molecule has 23 heavy (non-hydrogen) atoms. The second kappa shape index (κ2) is 6.54. The molecule has 1 fully saturated rings. The molecule has 120 valence electrons. The number of amides is 1. The van der Waals surface area contributed by atoms with Crippen LogP contribution in [0.15, 0.2) is 48.5 Å². The quantitative estimate of drug-likeness (QED) is 0.860. The van der Waals surface area contributed by atoms with E-state index in [9.17, 15) is 13.6 Å². The normalized spacial score (nSPS) is 19.5. The van der Waals surface area contributed by atoms with Gasteiger partial charge in [0.25, 0.3) is 0 Å². The lowest BCUT2D eigenvalue weighted by Crippen LogP contribution is -2.14. The molecule has 0 heterocycles. The zero-order chi connectivity index (χ0) is 16.4. The van der Waals surface area contributed by atoms with Crippen LogP contribution >= 0.6 is 11.6 Å². The number of carbonyl (C=O) groups is 1. The number of nitrogens with one attached hydrogen (secondary N) is 1. The molecule has 1 N–H and O–H groups in total. The fourth-order valence-corrected chi connectivity index (χ4v) is 2.87. The lowest BCUT2D eigenvalue weighted by Gasteiger charge is -2.08. The van der Waals surface area contributed by atoms with Gasteiger partial charge in [0.2, 0.25) is 5.91 Å². The molecule has 2 aromatic carbocycles. The van der Waals surface area contributed by atoms with Crippen molar-refractivity contribution in [3.63, 3.8) is 0 Å². The highest BCUT2D eigenvalue weighted by atomic mass is 35.5. The van der Waals surface area contributed by atoms with Crippen molar-refractivity contribution in [3.8, 4) is 5.75 Å². The van der Waals surface area contributed by atoms with E-state index in [1.165, 1.54) is 12.1 Å². The summed E-state index contributed by atoms with van der Waals surface area (Å²) in [6.45, 7) is -2.89. The number of alkyl halides is 2. The van der Waals surface area contributed by atoms with Crippen molar-refractivity contribution in [2.75, 3.05) is 5.32 Å². The monoisotopic (exact) mass is 337 g/mol. The van der Waals surface area contributed by atoms with Crippen molar-refractivity contribution in [1.82, 2.24) is 0 Å². The number of hydrogen-bond acceptors (Lipinski definition) is 2. The van der Waals surface area contributed by atoms with Gasteiger partial charge in [-0.15, -0.1) is 0 Å². The first-order chi connectivity index (χ1) is 11.0. The van der Waals surface area contributed by atoms with Crippen LogP contribution < -0.4 is 10.1 Å². The molecule has 0 spiro atoms. The first-order valence-corrected chi connectivity index (χ1v) is 7.52. The molecule has 1 amide bonds. The van der Waals surface area contributed by atoms with Crippen molar-refractivity contribution in [3.05, 3.63) is 59.1 Å². The molecule has 2 aromatic rings. The van der Waals surface area contributed by atoms with Crippen LogP contribution in [0, 0.1) is 5.92 Å². The molecule has 2 atom stereocenters. The Bertz CT molecular complexity index is 723. The lowest BCUT2D eigenvalue weighted by atomic mass is 10.1. The van der Waals surface area contributed by atoms with Crippen LogP contribution in [0.1, 0.15) is 17.9 Å². The Hall–Kier alpha value is -2.14. The topological polar surface area (TPSA) is 38.3 Å². The largest absolute Gasteiger partial charge is 0.435 e. The van der Waals surface area contributed by atoms with E-state index in [0.29, 0.717) is 10.7 Å². The van der Waals surface area contributed by atoms with Crippen molar-refractivity contribution in [2.45, 2.75) is 19.0 Å². The van der Waals surface area contributed by atoms with Crippen molar-refractivity contribution < 1.29 is 18.3 Å². The minimum atomic E-state index is -2.89. The third-order valence-corrected chi connectivity index (χ3v) is 4.10. The fourth-order valence-electron chi connectivity index (χ4n) is 2.59. The molecule has 0 bridgehead atoms. The van der Waals surface area contributed by atoms with E-state index in [4.69, 9.17) is 11.6 Å². The summed E-state index contributed by atoms with van der Waals surface area (Å²) in [6.07, 6.45) is 0.725. The van der Waals surface area contributed by atoms with Gasteiger partial charge in [-0.2, -0.15) is 8.78 Å². The third-order valence-electron chi connectivity index (χ3n) is 3.76. The number of halogens is 3. The van der Waals surface area contributed by atoms with Crippen LogP contribution in [0.25, 0.3) is 0 Å². The average molecular weight is 338 g/mol. The van der Waals surface area contributed by atoms with Crippen LogP contribution in [0.4, 0.5) is 14.5 Å². The van der Waals surface area contributed by atoms with Crippen LogP contribution in [0.3, 0.4) is 0 Å². The zero-order valence-electron chi connectivity index (χ0n) is 12.0. The molecule has 1 aliphatic rings. The minimum Gasteiger partial charge on any atom is -0.435 e. The van der Waals surface area contributed by atoms with E-state index in [1.54, 1.807) is 18.2 Å². The number of rotatable bonds is 5. The van der Waals surface area contributed by atoms with E-state index in [1.807, 2.05) is 18.2 Å². The Morgan fingerprint density at radius 1 is 1.22 bits per heavy atom. The van der Waals surface area contributed by atoms with Gasteiger partial charge >= 0.3 is 6.61 Å². The van der Waals surface area contributed by atoms with Gasteiger partial charge < -0.3 is 10.1 Å². The maximum absolute atomic E-state index is 12.3. The summed E-state index contributed by atoms with van der Waals surface area (Å²) < 4.78 is 28.7. The average Bonchev–Trinajstić information content (AvgIpc) is 3.28.